The number of hydrogen-bond acceptors (Lipinski definition) is 4. The Morgan fingerprint density at radius 3 is 2.58 bits per heavy atom. The van der Waals surface area contributed by atoms with E-state index in [0.29, 0.717) is 5.56 Å². The molecule has 0 aliphatic rings. The molecule has 0 aliphatic carbocycles. The number of carbonyl (C=O) groups is 1. The molecule has 0 atom stereocenters. The van der Waals surface area contributed by atoms with E-state index in [-0.39, 0.29) is 4.90 Å². The van der Waals surface area contributed by atoms with Gasteiger partial charge in [-0.3, -0.25) is 10.0 Å². The maximum atomic E-state index is 12.7. The second-order valence-electron chi connectivity index (χ2n) is 5.10. The number of hydroxylamine groups is 1. The van der Waals surface area contributed by atoms with Gasteiger partial charge in [-0.25, -0.2) is 17.9 Å². The summed E-state index contributed by atoms with van der Waals surface area (Å²) < 4.78 is 26.5. The topological polar surface area (TPSA) is 88.4 Å². The summed E-state index contributed by atoms with van der Waals surface area (Å²) >= 11 is 0. The van der Waals surface area contributed by atoms with Crippen LogP contribution in [-0.2, 0) is 14.8 Å². The highest BCUT2D eigenvalue weighted by Crippen LogP contribution is 2.21. The van der Waals surface area contributed by atoms with Gasteiger partial charge in [-0.2, -0.15) is 0 Å². The summed E-state index contributed by atoms with van der Waals surface area (Å²) in [4.78, 5) is 11.1. The van der Waals surface area contributed by atoms with E-state index in [2.05, 4.69) is 0 Å². The van der Waals surface area contributed by atoms with Crippen LogP contribution in [0.25, 0.3) is 16.8 Å². The molecule has 0 radical (unpaired) electrons. The molecule has 7 heteroatoms. The van der Waals surface area contributed by atoms with Crippen molar-refractivity contribution in [3.05, 3.63) is 72.6 Å². The largest absolute Gasteiger partial charge is 0.288 e. The van der Waals surface area contributed by atoms with Crippen LogP contribution in [0.1, 0.15) is 5.56 Å². The Hall–Kier alpha value is -2.90. The highest BCUT2D eigenvalue weighted by Gasteiger charge is 2.16. The van der Waals surface area contributed by atoms with Gasteiger partial charge in [-0.15, -0.1) is 0 Å². The average molecular weight is 342 g/mol. The van der Waals surface area contributed by atoms with E-state index in [1.807, 2.05) is 24.3 Å². The van der Waals surface area contributed by atoms with Crippen molar-refractivity contribution in [1.82, 2.24) is 9.45 Å². The molecule has 0 unspecified atom stereocenters. The molecule has 1 heterocycles. The quantitative estimate of drug-likeness (QED) is 0.433. The fourth-order valence-electron chi connectivity index (χ4n) is 2.30. The first kappa shape index (κ1) is 16.0. The maximum Gasteiger partial charge on any atom is 0.267 e. The lowest BCUT2D eigenvalue weighted by molar-refractivity contribution is -0.124. The fraction of sp³-hybridized carbons (Fsp3) is 0. The van der Waals surface area contributed by atoms with Crippen LogP contribution >= 0.6 is 0 Å². The van der Waals surface area contributed by atoms with Crippen molar-refractivity contribution in [2.75, 3.05) is 0 Å². The Bertz CT molecular complexity index is 1040. The first-order valence-electron chi connectivity index (χ1n) is 7.05. The second kappa shape index (κ2) is 6.31. The van der Waals surface area contributed by atoms with Gasteiger partial charge in [0.25, 0.3) is 15.9 Å². The molecule has 3 aromatic rings. The highest BCUT2D eigenvalue weighted by molar-refractivity contribution is 7.90. The molecule has 0 spiro atoms. The fourth-order valence-corrected chi connectivity index (χ4v) is 3.54. The van der Waals surface area contributed by atoms with Gasteiger partial charge in [0.1, 0.15) is 0 Å². The van der Waals surface area contributed by atoms with E-state index in [1.54, 1.807) is 24.3 Å². The van der Waals surface area contributed by atoms with E-state index in [0.717, 1.165) is 20.8 Å². The molecular weight excluding hydrogens is 328 g/mol. The first-order chi connectivity index (χ1) is 11.5. The highest BCUT2D eigenvalue weighted by atomic mass is 32.2. The molecule has 0 bridgehead atoms. The van der Waals surface area contributed by atoms with E-state index >= 15 is 0 Å². The molecule has 1 amide bonds. The molecule has 1 aromatic heterocycles. The number of fused-ring (bicyclic) bond motifs is 1. The minimum absolute atomic E-state index is 0.181. The zero-order valence-electron chi connectivity index (χ0n) is 12.5. The summed E-state index contributed by atoms with van der Waals surface area (Å²) in [6, 6.07) is 14.0. The lowest BCUT2D eigenvalue weighted by Gasteiger charge is -2.07. The zero-order chi connectivity index (χ0) is 17.2. The standard InChI is InChI=1S/C17H14N2O4S/c20-17(18-21)8-5-13-9-10-19(12-13)24(22,23)16-7-6-14-3-1-2-4-15(14)11-16/h1-12,21H,(H,18,20). The van der Waals surface area contributed by atoms with E-state index in [4.69, 9.17) is 5.21 Å². The molecular formula is C17H14N2O4S. The Labute approximate surface area is 138 Å². The van der Waals surface area contributed by atoms with Crippen molar-refractivity contribution < 1.29 is 18.4 Å². The van der Waals surface area contributed by atoms with Crippen LogP contribution in [0.2, 0.25) is 0 Å². The van der Waals surface area contributed by atoms with Gasteiger partial charge >= 0.3 is 0 Å². The van der Waals surface area contributed by atoms with E-state index < -0.39 is 15.9 Å². The number of rotatable bonds is 4. The number of nitrogens with zero attached hydrogens (tertiary/aromatic N) is 1. The lowest BCUT2D eigenvalue weighted by Crippen LogP contribution is -2.14. The number of amides is 1. The minimum atomic E-state index is -3.72. The van der Waals surface area contributed by atoms with Crippen molar-refractivity contribution >= 4 is 32.8 Å². The lowest BCUT2D eigenvalue weighted by atomic mass is 10.1. The van der Waals surface area contributed by atoms with Gasteiger partial charge in [-0.1, -0.05) is 30.3 Å². The zero-order valence-corrected chi connectivity index (χ0v) is 13.3. The molecule has 0 saturated carbocycles. The third kappa shape index (κ3) is 3.08. The van der Waals surface area contributed by atoms with Crippen LogP contribution < -0.4 is 5.48 Å². The van der Waals surface area contributed by atoms with Crippen molar-refractivity contribution in [2.45, 2.75) is 4.90 Å². The van der Waals surface area contributed by atoms with Crippen molar-refractivity contribution in [1.29, 1.82) is 0 Å². The molecule has 3 rings (SSSR count). The molecule has 0 fully saturated rings. The van der Waals surface area contributed by atoms with Gasteiger partial charge in [0.15, 0.2) is 0 Å². The number of nitrogens with one attached hydrogen (secondary N) is 1. The van der Waals surface area contributed by atoms with Crippen LogP contribution in [0.3, 0.4) is 0 Å². The number of aromatic nitrogens is 1. The predicted octanol–water partition coefficient (Wildman–Crippen LogP) is 2.40. The average Bonchev–Trinajstić information content (AvgIpc) is 3.09. The van der Waals surface area contributed by atoms with Crippen LogP contribution in [0.5, 0.6) is 0 Å². The van der Waals surface area contributed by atoms with Crippen LogP contribution in [0.4, 0.5) is 0 Å². The maximum absolute atomic E-state index is 12.7. The summed E-state index contributed by atoms with van der Waals surface area (Å²) in [5, 5.41) is 10.2. The van der Waals surface area contributed by atoms with Gasteiger partial charge in [0, 0.05) is 18.5 Å². The number of benzene rings is 2. The van der Waals surface area contributed by atoms with Gasteiger partial charge in [-0.05, 0) is 40.6 Å². The molecule has 24 heavy (non-hydrogen) atoms. The Kier molecular flexibility index (Phi) is 4.20. The molecule has 2 aromatic carbocycles. The Morgan fingerprint density at radius 1 is 1.08 bits per heavy atom. The van der Waals surface area contributed by atoms with Gasteiger partial charge < -0.3 is 0 Å². The summed E-state index contributed by atoms with van der Waals surface area (Å²) in [6.07, 6.45) is 5.30. The van der Waals surface area contributed by atoms with Gasteiger partial charge in [0.05, 0.1) is 4.90 Å². The third-order valence-corrected chi connectivity index (χ3v) is 5.16. The Balaban J connectivity index is 1.96. The van der Waals surface area contributed by atoms with Crippen molar-refractivity contribution in [2.24, 2.45) is 0 Å². The van der Waals surface area contributed by atoms with Gasteiger partial charge in [0.2, 0.25) is 0 Å². The SMILES string of the molecule is O=C(C=Cc1ccn(S(=O)(=O)c2ccc3ccccc3c2)c1)NO. The van der Waals surface area contributed by atoms with Crippen LogP contribution in [-0.4, -0.2) is 23.5 Å². The number of hydrogen-bond donors (Lipinski definition) is 2. The number of carbonyl (C=O) groups excluding carboxylic acids is 1. The molecule has 0 saturated heterocycles. The smallest absolute Gasteiger partial charge is 0.267 e. The second-order valence-corrected chi connectivity index (χ2v) is 6.94. The summed E-state index contributed by atoms with van der Waals surface area (Å²) in [5.74, 6) is -0.694. The van der Waals surface area contributed by atoms with Crippen LogP contribution in [0.15, 0.2) is 71.9 Å². The van der Waals surface area contributed by atoms with Crippen LogP contribution in [0, 0.1) is 0 Å². The third-order valence-electron chi connectivity index (χ3n) is 3.52. The molecule has 0 aliphatic heterocycles. The molecule has 122 valence electrons. The molecule has 2 N–H and O–H groups in total. The summed E-state index contributed by atoms with van der Waals surface area (Å²) in [6.45, 7) is 0. The monoisotopic (exact) mass is 342 g/mol. The van der Waals surface area contributed by atoms with Crippen molar-refractivity contribution in [3.8, 4) is 0 Å². The normalized spacial score (nSPS) is 11.9. The van der Waals surface area contributed by atoms with E-state index in [9.17, 15) is 13.2 Å². The summed E-state index contributed by atoms with van der Waals surface area (Å²) in [7, 11) is -3.72. The molecule has 6 nitrogen and oxygen atoms in total. The Morgan fingerprint density at radius 2 is 1.83 bits per heavy atom. The summed E-state index contributed by atoms with van der Waals surface area (Å²) in [5.41, 5.74) is 1.98. The minimum Gasteiger partial charge on any atom is -0.288 e. The van der Waals surface area contributed by atoms with E-state index in [1.165, 1.54) is 23.9 Å². The predicted molar refractivity (Wildman–Crippen MR) is 89.9 cm³/mol. The van der Waals surface area contributed by atoms with Crippen molar-refractivity contribution in [3.63, 3.8) is 0 Å². The first-order valence-corrected chi connectivity index (χ1v) is 8.49.